The lowest BCUT2D eigenvalue weighted by atomic mass is 10.5. The van der Waals surface area contributed by atoms with Crippen LogP contribution in [-0.2, 0) is 20.8 Å². The molecule has 6 heteroatoms. The third-order valence-corrected chi connectivity index (χ3v) is 0.368. The van der Waals surface area contributed by atoms with Gasteiger partial charge in [-0.1, -0.05) is 11.2 Å². The van der Waals surface area contributed by atoms with Crippen LogP contribution in [-0.4, -0.2) is 39.2 Å². The highest BCUT2D eigenvalue weighted by Crippen LogP contribution is 1.70. The van der Waals surface area contributed by atoms with E-state index in [0.29, 0.717) is 12.2 Å². The van der Waals surface area contributed by atoms with E-state index in [0.717, 1.165) is 0 Å². The summed E-state index contributed by atoms with van der Waals surface area (Å²) in [5, 5.41) is 15.6. The van der Waals surface area contributed by atoms with Crippen molar-refractivity contribution in [3.63, 3.8) is 0 Å². The molecule has 70 valence electrons. The Labute approximate surface area is 72.9 Å². The van der Waals surface area contributed by atoms with E-state index in [1.54, 1.807) is 12.5 Å². The molecule has 12 heavy (non-hydrogen) atoms. The Balaban J connectivity index is 0. The van der Waals surface area contributed by atoms with Crippen molar-refractivity contribution in [1.29, 1.82) is 0 Å². The second-order valence-electron chi connectivity index (χ2n) is 1.75. The molecular weight excluding hydrogens is 184 g/mol. The Kier molecular flexibility index (Phi) is 9.15. The van der Waals surface area contributed by atoms with E-state index in [1.807, 2.05) is 0 Å². The molecular formula is C6H10O5S. The summed E-state index contributed by atoms with van der Waals surface area (Å²) in [5.41, 5.74) is 0. The minimum Gasteiger partial charge on any atom is -0.617 e. The van der Waals surface area contributed by atoms with Gasteiger partial charge in [0.25, 0.3) is 0 Å². The number of hydrogen-bond donors (Lipinski definition) is 2. The summed E-state index contributed by atoms with van der Waals surface area (Å²) in [7, 11) is 0. The molecule has 5 nitrogen and oxygen atoms in total. The fourth-order valence-electron chi connectivity index (χ4n) is 0.143. The van der Waals surface area contributed by atoms with Gasteiger partial charge >= 0.3 is 11.9 Å². The summed E-state index contributed by atoms with van der Waals surface area (Å²) in [4.78, 5) is 19.1. The van der Waals surface area contributed by atoms with E-state index in [4.69, 9.17) is 10.2 Å². The highest BCUT2D eigenvalue weighted by molar-refractivity contribution is 7.89. The maximum absolute atomic E-state index is 9.56. The van der Waals surface area contributed by atoms with Crippen LogP contribution in [0.15, 0.2) is 12.2 Å². The second kappa shape index (κ2) is 8.09. The van der Waals surface area contributed by atoms with Gasteiger partial charge in [-0.3, -0.25) is 0 Å². The lowest BCUT2D eigenvalue weighted by Crippen LogP contribution is -1.91. The molecule has 0 aliphatic carbocycles. The van der Waals surface area contributed by atoms with Gasteiger partial charge in [-0.05, 0) is 0 Å². The molecule has 0 saturated heterocycles. The first kappa shape index (κ1) is 13.6. The number of hydrogen-bond acceptors (Lipinski definition) is 3. The number of rotatable bonds is 2. The molecule has 0 aliphatic heterocycles. The summed E-state index contributed by atoms with van der Waals surface area (Å²) in [6, 6.07) is 0. The molecule has 0 unspecified atom stereocenters. The summed E-state index contributed by atoms with van der Waals surface area (Å²) >= 11 is -0.611. The van der Waals surface area contributed by atoms with Crippen LogP contribution in [0.4, 0.5) is 0 Å². The van der Waals surface area contributed by atoms with Gasteiger partial charge in [0.15, 0.2) is 0 Å². The predicted molar refractivity (Wildman–Crippen MR) is 44.4 cm³/mol. The molecule has 0 aromatic heterocycles. The monoisotopic (exact) mass is 194 g/mol. The maximum atomic E-state index is 9.56. The lowest BCUT2D eigenvalue weighted by Gasteiger charge is -1.87. The van der Waals surface area contributed by atoms with Crippen LogP contribution >= 0.6 is 0 Å². The molecule has 2 N–H and O–H groups in total. The minimum absolute atomic E-state index is 0.558. The topological polar surface area (TPSA) is 97.7 Å². The third-order valence-electron chi connectivity index (χ3n) is 0.368. The SMILES string of the molecule is C[S+](C)[O-].O=C(O)/C=C/C(=O)O. The Morgan fingerprint density at radius 3 is 1.42 bits per heavy atom. The third kappa shape index (κ3) is 36.1. The predicted octanol–water partition coefficient (Wildman–Crippen LogP) is -0.293. The van der Waals surface area contributed by atoms with Crippen molar-refractivity contribution in [3.05, 3.63) is 12.2 Å². The molecule has 0 atom stereocenters. The Morgan fingerprint density at radius 2 is 1.33 bits per heavy atom. The van der Waals surface area contributed by atoms with E-state index in [-0.39, 0.29) is 0 Å². The molecule has 0 heterocycles. The highest BCUT2D eigenvalue weighted by atomic mass is 32.2. The van der Waals surface area contributed by atoms with Crippen molar-refractivity contribution in [2.75, 3.05) is 12.5 Å². The van der Waals surface area contributed by atoms with Crippen LogP contribution in [0.2, 0.25) is 0 Å². The first-order valence-corrected chi connectivity index (χ1v) is 4.72. The number of carboxylic acid groups (broad SMARTS) is 2. The molecule has 0 saturated carbocycles. The van der Waals surface area contributed by atoms with Crippen LogP contribution in [0.3, 0.4) is 0 Å². The van der Waals surface area contributed by atoms with Crippen LogP contribution in [0.1, 0.15) is 0 Å². The van der Waals surface area contributed by atoms with Crippen LogP contribution in [0.25, 0.3) is 0 Å². The molecule has 0 spiro atoms. The van der Waals surface area contributed by atoms with Gasteiger partial charge in [0.05, 0.1) is 12.5 Å². The van der Waals surface area contributed by atoms with Gasteiger partial charge < -0.3 is 14.8 Å². The quantitative estimate of drug-likeness (QED) is 0.465. The molecule has 0 rings (SSSR count). The van der Waals surface area contributed by atoms with E-state index < -0.39 is 23.1 Å². The van der Waals surface area contributed by atoms with Crippen LogP contribution < -0.4 is 0 Å². The average molecular weight is 194 g/mol. The summed E-state index contributed by atoms with van der Waals surface area (Å²) in [5.74, 6) is -2.51. The van der Waals surface area contributed by atoms with Crippen molar-refractivity contribution < 1.29 is 24.4 Å². The lowest BCUT2D eigenvalue weighted by molar-refractivity contribution is -0.134. The van der Waals surface area contributed by atoms with Gasteiger partial charge in [-0.2, -0.15) is 0 Å². The molecule has 0 aromatic carbocycles. The second-order valence-corrected chi connectivity index (χ2v) is 3.23. The zero-order valence-corrected chi connectivity index (χ0v) is 7.50. The van der Waals surface area contributed by atoms with Crippen LogP contribution in [0.5, 0.6) is 0 Å². The average Bonchev–Trinajstić information content (AvgIpc) is 1.82. The first-order chi connectivity index (χ1) is 5.36. The van der Waals surface area contributed by atoms with Crippen molar-refractivity contribution >= 4 is 23.1 Å². The van der Waals surface area contributed by atoms with Gasteiger partial charge in [-0.25, -0.2) is 9.59 Å². The van der Waals surface area contributed by atoms with Gasteiger partial charge in [0, 0.05) is 12.2 Å². The van der Waals surface area contributed by atoms with E-state index >= 15 is 0 Å². The summed E-state index contributed by atoms with van der Waals surface area (Å²) in [6.07, 6.45) is 4.39. The number of carbonyl (C=O) groups is 2. The highest BCUT2D eigenvalue weighted by Gasteiger charge is 1.88. The Bertz CT molecular complexity index is 156. The van der Waals surface area contributed by atoms with E-state index in [2.05, 4.69) is 0 Å². The van der Waals surface area contributed by atoms with E-state index in [1.165, 1.54) is 0 Å². The standard InChI is InChI=1S/C4H4O4.C2H6OS/c5-3(6)1-2-4(7)8;1-4(2)3/h1-2H,(H,5,6)(H,7,8);1-2H3/b2-1+;. The van der Waals surface area contributed by atoms with Crippen molar-refractivity contribution in [2.45, 2.75) is 0 Å². The first-order valence-electron chi connectivity index (χ1n) is 2.75. The molecule has 0 bridgehead atoms. The molecule has 0 aliphatic rings. The van der Waals surface area contributed by atoms with Gasteiger partial charge in [0.2, 0.25) is 0 Å². The van der Waals surface area contributed by atoms with Crippen LogP contribution in [0, 0.1) is 0 Å². The maximum Gasteiger partial charge on any atom is 0.328 e. The minimum atomic E-state index is -1.26. The molecule has 0 aromatic rings. The largest absolute Gasteiger partial charge is 0.617 e. The van der Waals surface area contributed by atoms with Gasteiger partial charge in [0.1, 0.15) is 0 Å². The fraction of sp³-hybridized carbons (Fsp3) is 0.333. The normalized spacial score (nSPS) is 9.33. The molecule has 0 amide bonds. The smallest absolute Gasteiger partial charge is 0.328 e. The molecule has 0 radical (unpaired) electrons. The van der Waals surface area contributed by atoms with Crippen molar-refractivity contribution in [3.8, 4) is 0 Å². The Hall–Kier alpha value is -1.01. The summed E-state index contributed by atoms with van der Waals surface area (Å²) in [6.45, 7) is 0. The zero-order chi connectivity index (χ0) is 10.1. The zero-order valence-electron chi connectivity index (χ0n) is 6.68. The van der Waals surface area contributed by atoms with Crippen molar-refractivity contribution in [2.24, 2.45) is 0 Å². The number of aliphatic carboxylic acids is 2. The number of carboxylic acids is 2. The fourth-order valence-corrected chi connectivity index (χ4v) is 0.143. The van der Waals surface area contributed by atoms with Crippen molar-refractivity contribution in [1.82, 2.24) is 0 Å². The van der Waals surface area contributed by atoms with Gasteiger partial charge in [-0.15, -0.1) is 0 Å². The Morgan fingerprint density at radius 1 is 1.17 bits per heavy atom. The molecule has 0 fully saturated rings. The van der Waals surface area contributed by atoms with E-state index in [9.17, 15) is 14.1 Å². The summed E-state index contributed by atoms with van der Waals surface area (Å²) < 4.78 is 9.56.